The van der Waals surface area contributed by atoms with Gasteiger partial charge >= 0.3 is 0 Å². The lowest BCUT2D eigenvalue weighted by Crippen LogP contribution is -2.28. The summed E-state index contributed by atoms with van der Waals surface area (Å²) in [6, 6.07) is 5.53. The van der Waals surface area contributed by atoms with Crippen molar-refractivity contribution in [2.75, 3.05) is 19.8 Å². The van der Waals surface area contributed by atoms with Gasteiger partial charge < -0.3 is 10.1 Å². The molecule has 3 nitrogen and oxygen atoms in total. The van der Waals surface area contributed by atoms with Crippen molar-refractivity contribution in [2.24, 2.45) is 0 Å². The first-order valence-corrected chi connectivity index (χ1v) is 6.36. The van der Waals surface area contributed by atoms with Crippen molar-refractivity contribution in [1.82, 2.24) is 5.32 Å². The molecule has 4 heteroatoms. The Kier molecular flexibility index (Phi) is 6.54. The fourth-order valence-corrected chi connectivity index (χ4v) is 1.66. The highest BCUT2D eigenvalue weighted by atomic mass is 32.1. The number of amides is 1. The minimum atomic E-state index is -0.0873. The number of rotatable bonds is 7. The maximum atomic E-state index is 11.9. The summed E-state index contributed by atoms with van der Waals surface area (Å²) in [4.78, 5) is 12.7. The van der Waals surface area contributed by atoms with E-state index in [0.29, 0.717) is 25.3 Å². The van der Waals surface area contributed by atoms with E-state index in [-0.39, 0.29) is 5.91 Å². The minimum absolute atomic E-state index is 0.0873. The molecule has 0 saturated heterocycles. The van der Waals surface area contributed by atoms with Crippen LogP contribution in [0.2, 0.25) is 0 Å². The molecule has 0 aliphatic carbocycles. The number of nitrogens with one attached hydrogen (secondary N) is 1. The van der Waals surface area contributed by atoms with Crippen LogP contribution >= 0.6 is 12.6 Å². The number of benzene rings is 1. The van der Waals surface area contributed by atoms with Gasteiger partial charge in [0.25, 0.3) is 5.91 Å². The standard InChI is InChI=1S/C14H19NO2S/c1-3-4-8-17-9-7-15-14(16)13-10-12(18)6-5-11(13)2/h3,5-6,10,18H,1,4,7-9H2,2H3,(H,15,16). The first-order chi connectivity index (χ1) is 8.65. The SMILES string of the molecule is C=CCCOCCNC(=O)c1cc(S)ccc1C. The summed E-state index contributed by atoms with van der Waals surface area (Å²) in [6.07, 6.45) is 2.63. The lowest BCUT2D eigenvalue weighted by atomic mass is 10.1. The number of thiol groups is 1. The fraction of sp³-hybridized carbons (Fsp3) is 0.357. The van der Waals surface area contributed by atoms with Crippen molar-refractivity contribution in [3.63, 3.8) is 0 Å². The summed E-state index contributed by atoms with van der Waals surface area (Å²) >= 11 is 4.23. The van der Waals surface area contributed by atoms with Gasteiger partial charge in [-0.1, -0.05) is 12.1 Å². The van der Waals surface area contributed by atoms with Gasteiger partial charge in [0.15, 0.2) is 0 Å². The molecule has 0 atom stereocenters. The Morgan fingerprint density at radius 1 is 1.50 bits per heavy atom. The number of aryl methyl sites for hydroxylation is 1. The van der Waals surface area contributed by atoms with E-state index in [1.807, 2.05) is 19.1 Å². The van der Waals surface area contributed by atoms with Crippen molar-refractivity contribution in [1.29, 1.82) is 0 Å². The molecular weight excluding hydrogens is 246 g/mol. The van der Waals surface area contributed by atoms with E-state index in [2.05, 4.69) is 24.5 Å². The minimum Gasteiger partial charge on any atom is -0.379 e. The van der Waals surface area contributed by atoms with Crippen molar-refractivity contribution in [3.8, 4) is 0 Å². The highest BCUT2D eigenvalue weighted by Crippen LogP contribution is 2.13. The highest BCUT2D eigenvalue weighted by Gasteiger charge is 2.08. The Morgan fingerprint density at radius 2 is 2.28 bits per heavy atom. The third-order valence-corrected chi connectivity index (χ3v) is 2.74. The molecule has 0 bridgehead atoms. The average Bonchev–Trinajstić information content (AvgIpc) is 2.36. The number of hydrogen-bond acceptors (Lipinski definition) is 3. The third kappa shape index (κ3) is 4.94. The topological polar surface area (TPSA) is 38.3 Å². The summed E-state index contributed by atoms with van der Waals surface area (Å²) in [7, 11) is 0. The largest absolute Gasteiger partial charge is 0.379 e. The Labute approximate surface area is 114 Å². The number of carbonyl (C=O) groups is 1. The molecule has 0 unspecified atom stereocenters. The van der Waals surface area contributed by atoms with E-state index < -0.39 is 0 Å². The van der Waals surface area contributed by atoms with Crippen LogP contribution in [-0.2, 0) is 4.74 Å². The van der Waals surface area contributed by atoms with Gasteiger partial charge in [-0.25, -0.2) is 0 Å². The molecule has 0 saturated carbocycles. The number of ether oxygens (including phenoxy) is 1. The summed E-state index contributed by atoms with van der Waals surface area (Å²) in [5.41, 5.74) is 1.60. The molecule has 0 aliphatic rings. The van der Waals surface area contributed by atoms with Gasteiger partial charge in [0, 0.05) is 17.0 Å². The molecule has 0 radical (unpaired) electrons. The second kappa shape index (κ2) is 7.95. The van der Waals surface area contributed by atoms with E-state index in [1.54, 1.807) is 12.1 Å². The van der Waals surface area contributed by atoms with Crippen LogP contribution in [0, 0.1) is 6.92 Å². The zero-order valence-electron chi connectivity index (χ0n) is 10.6. The molecule has 0 aliphatic heterocycles. The van der Waals surface area contributed by atoms with E-state index in [1.165, 1.54) is 0 Å². The maximum absolute atomic E-state index is 11.9. The van der Waals surface area contributed by atoms with Crippen LogP contribution < -0.4 is 5.32 Å². The fourth-order valence-electron chi connectivity index (χ4n) is 1.46. The quantitative estimate of drug-likeness (QED) is 0.452. The van der Waals surface area contributed by atoms with Crippen LogP contribution in [0.25, 0.3) is 0 Å². The molecule has 1 rings (SSSR count). The molecule has 0 aromatic heterocycles. The van der Waals surface area contributed by atoms with Crippen LogP contribution in [0.15, 0.2) is 35.7 Å². The molecule has 98 valence electrons. The molecule has 18 heavy (non-hydrogen) atoms. The van der Waals surface area contributed by atoms with Gasteiger partial charge in [0.2, 0.25) is 0 Å². The summed E-state index contributed by atoms with van der Waals surface area (Å²) in [6.45, 7) is 7.18. The highest BCUT2D eigenvalue weighted by molar-refractivity contribution is 7.80. The molecular formula is C14H19NO2S. The zero-order chi connectivity index (χ0) is 13.4. The van der Waals surface area contributed by atoms with Gasteiger partial charge in [-0.15, -0.1) is 19.2 Å². The van der Waals surface area contributed by atoms with Crippen LogP contribution in [-0.4, -0.2) is 25.7 Å². The molecule has 0 heterocycles. The Hall–Kier alpha value is -1.26. The van der Waals surface area contributed by atoms with Crippen molar-refractivity contribution in [2.45, 2.75) is 18.2 Å². The molecule has 1 amide bonds. The second-order valence-corrected chi connectivity index (χ2v) is 4.46. The van der Waals surface area contributed by atoms with E-state index in [9.17, 15) is 4.79 Å². The zero-order valence-corrected chi connectivity index (χ0v) is 11.5. The van der Waals surface area contributed by atoms with Crippen LogP contribution in [0.3, 0.4) is 0 Å². The molecule has 0 fully saturated rings. The Bertz CT molecular complexity index is 418. The van der Waals surface area contributed by atoms with Gasteiger partial charge in [0.05, 0.1) is 13.2 Å². The average molecular weight is 265 g/mol. The van der Waals surface area contributed by atoms with Gasteiger partial charge in [0.1, 0.15) is 0 Å². The predicted molar refractivity (Wildman–Crippen MR) is 76.4 cm³/mol. The van der Waals surface area contributed by atoms with Crippen molar-refractivity contribution >= 4 is 18.5 Å². The van der Waals surface area contributed by atoms with Gasteiger partial charge in [-0.2, -0.15) is 0 Å². The first-order valence-electron chi connectivity index (χ1n) is 5.91. The Morgan fingerprint density at radius 3 is 3.00 bits per heavy atom. The molecule has 1 aromatic carbocycles. The monoisotopic (exact) mass is 265 g/mol. The lowest BCUT2D eigenvalue weighted by Gasteiger charge is -2.08. The van der Waals surface area contributed by atoms with Crippen molar-refractivity contribution in [3.05, 3.63) is 42.0 Å². The van der Waals surface area contributed by atoms with E-state index in [0.717, 1.165) is 16.9 Å². The normalized spacial score (nSPS) is 10.1. The predicted octanol–water partition coefficient (Wildman–Crippen LogP) is 2.61. The summed E-state index contributed by atoms with van der Waals surface area (Å²) in [5, 5.41) is 2.82. The molecule has 1 N–H and O–H groups in total. The third-order valence-electron chi connectivity index (χ3n) is 2.46. The van der Waals surface area contributed by atoms with Crippen molar-refractivity contribution < 1.29 is 9.53 Å². The van der Waals surface area contributed by atoms with Gasteiger partial charge in [-0.05, 0) is 31.0 Å². The lowest BCUT2D eigenvalue weighted by molar-refractivity contribution is 0.0917. The number of carbonyl (C=O) groups excluding carboxylic acids is 1. The number of hydrogen-bond donors (Lipinski definition) is 2. The summed E-state index contributed by atoms with van der Waals surface area (Å²) in [5.74, 6) is -0.0873. The van der Waals surface area contributed by atoms with Crippen LogP contribution in [0.5, 0.6) is 0 Å². The molecule has 0 spiro atoms. The second-order valence-electron chi connectivity index (χ2n) is 3.94. The first kappa shape index (κ1) is 14.8. The van der Waals surface area contributed by atoms with E-state index in [4.69, 9.17) is 4.74 Å². The van der Waals surface area contributed by atoms with Gasteiger partial charge in [-0.3, -0.25) is 4.79 Å². The van der Waals surface area contributed by atoms with E-state index >= 15 is 0 Å². The molecule has 1 aromatic rings. The smallest absolute Gasteiger partial charge is 0.251 e. The van der Waals surface area contributed by atoms with Crippen LogP contribution in [0.1, 0.15) is 22.3 Å². The maximum Gasteiger partial charge on any atom is 0.251 e. The summed E-state index contributed by atoms with van der Waals surface area (Å²) < 4.78 is 5.31. The Balaban J connectivity index is 2.36. The van der Waals surface area contributed by atoms with Crippen LogP contribution in [0.4, 0.5) is 0 Å².